The van der Waals surface area contributed by atoms with E-state index >= 15 is 0 Å². The molecule has 8 heteroatoms. The molecule has 27 heavy (non-hydrogen) atoms. The summed E-state index contributed by atoms with van der Waals surface area (Å²) < 4.78 is 2.55. The monoisotopic (exact) mass is 424 g/mol. The number of rotatable bonds is 3. The lowest BCUT2D eigenvalue weighted by atomic mass is 9.95. The van der Waals surface area contributed by atoms with Gasteiger partial charge in [-0.05, 0) is 53.6 Å². The predicted octanol–water partition coefficient (Wildman–Crippen LogP) is 3.67. The highest BCUT2D eigenvalue weighted by atomic mass is 79.9. The van der Waals surface area contributed by atoms with Crippen LogP contribution in [0.15, 0.2) is 64.3 Å². The highest BCUT2D eigenvalue weighted by Crippen LogP contribution is 2.35. The topological polar surface area (TPSA) is 84.7 Å². The van der Waals surface area contributed by atoms with Gasteiger partial charge in [0, 0.05) is 15.9 Å². The van der Waals surface area contributed by atoms with E-state index in [9.17, 15) is 4.79 Å². The molecule has 1 amide bonds. The zero-order chi connectivity index (χ0) is 19.0. The van der Waals surface area contributed by atoms with Crippen molar-refractivity contribution in [1.29, 1.82) is 0 Å². The quantitative estimate of drug-likeness (QED) is 0.669. The summed E-state index contributed by atoms with van der Waals surface area (Å²) in [6.07, 6.45) is 0. The van der Waals surface area contributed by atoms with Crippen molar-refractivity contribution in [3.8, 4) is 0 Å². The van der Waals surface area contributed by atoms with Crippen LogP contribution < -0.4 is 10.6 Å². The van der Waals surface area contributed by atoms with Gasteiger partial charge in [0.1, 0.15) is 6.04 Å². The van der Waals surface area contributed by atoms with Gasteiger partial charge < -0.3 is 10.6 Å². The third-order valence-electron chi connectivity index (χ3n) is 4.52. The van der Waals surface area contributed by atoms with E-state index in [-0.39, 0.29) is 5.91 Å². The van der Waals surface area contributed by atoms with Gasteiger partial charge in [-0.1, -0.05) is 51.4 Å². The Balaban J connectivity index is 1.79. The van der Waals surface area contributed by atoms with E-state index in [4.69, 9.17) is 0 Å². The van der Waals surface area contributed by atoms with Crippen molar-refractivity contribution in [2.45, 2.75) is 19.9 Å². The summed E-state index contributed by atoms with van der Waals surface area (Å²) in [5, 5.41) is 18.0. The lowest BCUT2D eigenvalue weighted by molar-refractivity contribution is -0.113. The number of carbonyl (C=O) groups is 1. The first kappa shape index (κ1) is 17.4. The van der Waals surface area contributed by atoms with Crippen molar-refractivity contribution in [2.24, 2.45) is 0 Å². The zero-order valence-corrected chi connectivity index (χ0v) is 16.4. The van der Waals surface area contributed by atoms with Gasteiger partial charge in [0.25, 0.3) is 5.91 Å². The number of fused-ring (bicyclic) bond motifs is 1. The highest BCUT2D eigenvalue weighted by molar-refractivity contribution is 9.10. The second-order valence-corrected chi connectivity index (χ2v) is 7.25. The van der Waals surface area contributed by atoms with Gasteiger partial charge in [-0.3, -0.25) is 4.79 Å². The first-order valence-corrected chi connectivity index (χ1v) is 9.22. The first-order valence-electron chi connectivity index (χ1n) is 8.42. The molecule has 0 spiro atoms. The van der Waals surface area contributed by atoms with Crippen molar-refractivity contribution < 1.29 is 4.79 Å². The van der Waals surface area contributed by atoms with Crippen molar-refractivity contribution in [1.82, 2.24) is 20.2 Å². The molecule has 3 aromatic rings. The molecule has 0 saturated carbocycles. The molecule has 1 aliphatic heterocycles. The lowest BCUT2D eigenvalue weighted by Crippen LogP contribution is -2.31. The van der Waals surface area contributed by atoms with Crippen LogP contribution in [0.4, 0.5) is 11.6 Å². The largest absolute Gasteiger partial charge is 0.326 e. The van der Waals surface area contributed by atoms with Gasteiger partial charge in [-0.25, -0.2) is 0 Å². The highest BCUT2D eigenvalue weighted by Gasteiger charge is 2.34. The van der Waals surface area contributed by atoms with E-state index < -0.39 is 6.04 Å². The number of nitrogens with zero attached hydrogens (tertiary/aromatic N) is 4. The Morgan fingerprint density at radius 2 is 2.00 bits per heavy atom. The predicted molar refractivity (Wildman–Crippen MR) is 106 cm³/mol. The zero-order valence-electron chi connectivity index (χ0n) is 14.8. The van der Waals surface area contributed by atoms with E-state index in [2.05, 4.69) is 42.1 Å². The van der Waals surface area contributed by atoms with Crippen LogP contribution in [0.3, 0.4) is 0 Å². The van der Waals surface area contributed by atoms with Gasteiger partial charge >= 0.3 is 0 Å². The third-order valence-corrected chi connectivity index (χ3v) is 5.01. The number of hydrogen-bond donors (Lipinski definition) is 2. The van der Waals surface area contributed by atoms with Crippen molar-refractivity contribution in [2.75, 3.05) is 10.6 Å². The van der Waals surface area contributed by atoms with Crippen LogP contribution in [0.2, 0.25) is 0 Å². The fraction of sp³-hybridized carbons (Fsp3) is 0.158. The van der Waals surface area contributed by atoms with Crippen LogP contribution in [0.5, 0.6) is 0 Å². The van der Waals surface area contributed by atoms with E-state index in [1.165, 1.54) is 0 Å². The Morgan fingerprint density at radius 1 is 1.19 bits per heavy atom. The van der Waals surface area contributed by atoms with Gasteiger partial charge in [0.2, 0.25) is 5.95 Å². The van der Waals surface area contributed by atoms with Gasteiger partial charge in [-0.15, -0.1) is 0 Å². The second kappa shape index (κ2) is 6.96. The molecule has 1 aromatic heterocycles. The van der Waals surface area contributed by atoms with Gasteiger partial charge in [-0.2, -0.15) is 4.68 Å². The summed E-state index contributed by atoms with van der Waals surface area (Å²) in [4.78, 5) is 13.2. The molecule has 136 valence electrons. The maximum Gasteiger partial charge on any atom is 0.255 e. The van der Waals surface area contributed by atoms with E-state index in [1.807, 2.05) is 62.4 Å². The Bertz CT molecular complexity index is 1060. The second-order valence-electron chi connectivity index (χ2n) is 6.34. The van der Waals surface area contributed by atoms with Crippen molar-refractivity contribution in [3.63, 3.8) is 0 Å². The number of anilines is 2. The van der Waals surface area contributed by atoms with Crippen LogP contribution in [0.25, 0.3) is 0 Å². The number of tetrazole rings is 1. The molecule has 0 radical (unpaired) electrons. The third kappa shape index (κ3) is 3.23. The summed E-state index contributed by atoms with van der Waals surface area (Å²) in [5.41, 5.74) is 3.96. The molecule has 7 nitrogen and oxygen atoms in total. The van der Waals surface area contributed by atoms with Crippen LogP contribution in [0.1, 0.15) is 24.1 Å². The van der Waals surface area contributed by atoms with Crippen molar-refractivity contribution in [3.05, 3.63) is 75.4 Å². The molecule has 0 fully saturated rings. The Morgan fingerprint density at radius 3 is 2.78 bits per heavy atom. The smallest absolute Gasteiger partial charge is 0.255 e. The summed E-state index contributed by atoms with van der Waals surface area (Å²) >= 11 is 3.50. The molecule has 4 rings (SSSR count). The summed E-state index contributed by atoms with van der Waals surface area (Å²) in [5.74, 6) is 0.311. The fourth-order valence-electron chi connectivity index (χ4n) is 3.19. The minimum Gasteiger partial charge on any atom is -0.326 e. The van der Waals surface area contributed by atoms with Crippen LogP contribution in [-0.4, -0.2) is 26.1 Å². The van der Waals surface area contributed by atoms with Crippen molar-refractivity contribution >= 4 is 33.5 Å². The van der Waals surface area contributed by atoms with Gasteiger partial charge in [0.05, 0.1) is 5.57 Å². The molecule has 1 aliphatic rings. The summed E-state index contributed by atoms with van der Waals surface area (Å²) in [6, 6.07) is 15.0. The fourth-order valence-corrected chi connectivity index (χ4v) is 3.61. The molecule has 2 heterocycles. The Hall–Kier alpha value is -3.00. The number of carbonyl (C=O) groups excluding carboxylic acids is 1. The normalized spacial score (nSPS) is 15.9. The Labute approximate surface area is 164 Å². The summed E-state index contributed by atoms with van der Waals surface area (Å²) in [6.45, 7) is 3.82. The molecular weight excluding hydrogens is 408 g/mol. The number of aromatic nitrogens is 4. The van der Waals surface area contributed by atoms with Crippen LogP contribution in [0, 0.1) is 6.92 Å². The number of nitrogens with one attached hydrogen (secondary N) is 2. The maximum absolute atomic E-state index is 13.2. The average molecular weight is 425 g/mol. The summed E-state index contributed by atoms with van der Waals surface area (Å²) in [7, 11) is 0. The number of amides is 1. The van der Waals surface area contributed by atoms with Gasteiger partial charge in [0.15, 0.2) is 0 Å². The molecule has 0 unspecified atom stereocenters. The molecule has 1 atom stereocenters. The SMILES string of the molecule is CC1=C(C(=O)Nc2ccccc2C)[C@@H](c2cccc(Br)c2)n2nnnc2N1. The molecule has 0 saturated heterocycles. The molecule has 0 aliphatic carbocycles. The van der Waals surface area contributed by atoms with E-state index in [0.717, 1.165) is 21.3 Å². The number of aryl methyl sites for hydroxylation is 1. The number of hydrogen-bond acceptors (Lipinski definition) is 5. The number of allylic oxidation sites excluding steroid dienone is 1. The Kier molecular flexibility index (Phi) is 4.49. The number of benzene rings is 2. The molecular formula is C19H17BrN6O. The van der Waals surface area contributed by atoms with E-state index in [1.54, 1.807) is 4.68 Å². The van der Waals surface area contributed by atoms with E-state index in [0.29, 0.717) is 17.2 Å². The molecule has 2 N–H and O–H groups in total. The van der Waals surface area contributed by atoms with Crippen LogP contribution >= 0.6 is 15.9 Å². The first-order chi connectivity index (χ1) is 13.0. The molecule has 0 bridgehead atoms. The van der Waals surface area contributed by atoms with Crippen LogP contribution in [-0.2, 0) is 4.79 Å². The number of para-hydroxylation sites is 1. The maximum atomic E-state index is 13.2. The standard InChI is InChI=1S/C19H17BrN6O/c1-11-6-3-4-9-15(11)22-18(27)16-12(2)21-19-23-24-25-26(19)17(16)13-7-5-8-14(20)10-13/h3-10,17H,1-2H3,(H,22,27)(H,21,23,25)/t17-/m1/s1. The lowest BCUT2D eigenvalue weighted by Gasteiger charge is -2.28. The minimum absolute atomic E-state index is 0.194. The average Bonchev–Trinajstić information content (AvgIpc) is 3.10. The molecule has 2 aromatic carbocycles. The minimum atomic E-state index is -0.433. The number of halogens is 1.